The van der Waals surface area contributed by atoms with Gasteiger partial charge in [0.05, 0.1) is 33.5 Å². The maximum atomic E-state index is 10.6. The van der Waals surface area contributed by atoms with Crippen molar-refractivity contribution in [2.45, 2.75) is 0 Å². The quantitative estimate of drug-likeness (QED) is 0.171. The molecule has 0 saturated heterocycles. The maximum absolute atomic E-state index is 10.6. The first-order valence-electron chi connectivity index (χ1n) is 19.4. The van der Waals surface area contributed by atoms with Gasteiger partial charge >= 0.3 is 0 Å². The largest absolute Gasteiger partial charge is 0.309 e. The van der Waals surface area contributed by atoms with Crippen molar-refractivity contribution in [3.05, 3.63) is 206 Å². The van der Waals surface area contributed by atoms with Gasteiger partial charge in [-0.1, -0.05) is 146 Å². The van der Waals surface area contributed by atoms with E-state index in [0.717, 1.165) is 50.2 Å². The molecule has 0 aliphatic carbocycles. The minimum Gasteiger partial charge on any atom is -0.309 e. The van der Waals surface area contributed by atoms with Crippen LogP contribution < -0.4 is 0 Å². The molecule has 0 aliphatic heterocycles. The van der Waals surface area contributed by atoms with Gasteiger partial charge in [-0.25, -0.2) is 9.97 Å². The minimum absolute atomic E-state index is 0.449. The summed E-state index contributed by atoms with van der Waals surface area (Å²) in [5.74, 6) is 0.556. The highest BCUT2D eigenvalue weighted by Crippen LogP contribution is 2.40. The van der Waals surface area contributed by atoms with Crippen LogP contribution in [0.25, 0.3) is 100 Å². The van der Waals surface area contributed by atoms with Gasteiger partial charge in [0.1, 0.15) is 11.6 Å². The van der Waals surface area contributed by atoms with Gasteiger partial charge in [0, 0.05) is 49.6 Å². The van der Waals surface area contributed by atoms with Crippen molar-refractivity contribution in [3.8, 4) is 62.5 Å². The first-order valence-corrected chi connectivity index (χ1v) is 19.4. The maximum Gasteiger partial charge on any atom is 0.161 e. The van der Waals surface area contributed by atoms with Crippen LogP contribution in [0.5, 0.6) is 0 Å². The van der Waals surface area contributed by atoms with E-state index < -0.39 is 0 Å². The molecule has 3 heterocycles. The van der Waals surface area contributed by atoms with Crippen molar-refractivity contribution >= 4 is 43.6 Å². The summed E-state index contributed by atoms with van der Waals surface area (Å²) in [6.07, 6.45) is 0. The highest BCUT2D eigenvalue weighted by molar-refractivity contribution is 6.12. The SMILES string of the molecule is N#Cc1c(-c2ccccc2)nc(-c2ccc(-n3c4ccccc4c4cc(-n5c6ccccc6c6ccccc65)ccc43)cc2-c2ccccc2)nc1-c1ccccc1. The Balaban J connectivity index is 1.14. The molecule has 3 aromatic heterocycles. The molecule has 0 N–H and O–H groups in total. The lowest BCUT2D eigenvalue weighted by atomic mass is 9.96. The molecule has 0 saturated carbocycles. The van der Waals surface area contributed by atoms with E-state index >= 15 is 0 Å². The molecule has 8 aromatic carbocycles. The summed E-state index contributed by atoms with van der Waals surface area (Å²) in [6, 6.07) is 72.0. The number of nitrogens with zero attached hydrogens (tertiary/aromatic N) is 5. The molecule has 0 unspecified atom stereocenters. The molecule has 11 rings (SSSR count). The molecule has 58 heavy (non-hydrogen) atoms. The molecule has 270 valence electrons. The van der Waals surface area contributed by atoms with Gasteiger partial charge in [0.2, 0.25) is 0 Å². The van der Waals surface area contributed by atoms with E-state index in [2.05, 4.69) is 149 Å². The third-order valence-electron chi connectivity index (χ3n) is 11.2. The molecular formula is C53H33N5. The third kappa shape index (κ3) is 5.31. The predicted molar refractivity (Wildman–Crippen MR) is 237 cm³/mol. The van der Waals surface area contributed by atoms with E-state index in [0.29, 0.717) is 22.8 Å². The molecular weight excluding hydrogens is 707 g/mol. The van der Waals surface area contributed by atoms with E-state index in [9.17, 15) is 5.26 Å². The van der Waals surface area contributed by atoms with Gasteiger partial charge in [-0.3, -0.25) is 0 Å². The average Bonchev–Trinajstić information content (AvgIpc) is 3.82. The second kappa shape index (κ2) is 13.6. The molecule has 11 aromatic rings. The Morgan fingerprint density at radius 1 is 0.362 bits per heavy atom. The number of rotatable bonds is 6. The molecule has 5 heteroatoms. The predicted octanol–water partition coefficient (Wildman–Crippen LogP) is 13.2. The molecule has 0 radical (unpaired) electrons. The van der Waals surface area contributed by atoms with Crippen molar-refractivity contribution in [1.82, 2.24) is 19.1 Å². The van der Waals surface area contributed by atoms with Crippen LogP contribution in [-0.2, 0) is 0 Å². The van der Waals surface area contributed by atoms with Gasteiger partial charge in [-0.15, -0.1) is 0 Å². The van der Waals surface area contributed by atoms with Crippen LogP contribution in [0.15, 0.2) is 200 Å². The van der Waals surface area contributed by atoms with E-state index in [1.807, 2.05) is 66.7 Å². The van der Waals surface area contributed by atoms with Crippen molar-refractivity contribution in [2.75, 3.05) is 0 Å². The minimum atomic E-state index is 0.449. The van der Waals surface area contributed by atoms with Crippen molar-refractivity contribution in [1.29, 1.82) is 5.26 Å². The number of para-hydroxylation sites is 3. The summed E-state index contributed by atoms with van der Waals surface area (Å²) < 4.78 is 4.74. The fraction of sp³-hybridized carbons (Fsp3) is 0. The normalized spacial score (nSPS) is 11.4. The summed E-state index contributed by atoms with van der Waals surface area (Å²) >= 11 is 0. The first-order chi connectivity index (χ1) is 28.7. The van der Waals surface area contributed by atoms with Crippen molar-refractivity contribution in [3.63, 3.8) is 0 Å². The number of benzene rings is 8. The highest BCUT2D eigenvalue weighted by Gasteiger charge is 2.22. The Labute approximate surface area is 335 Å². The number of hydrogen-bond acceptors (Lipinski definition) is 3. The van der Waals surface area contributed by atoms with Crippen molar-refractivity contribution < 1.29 is 0 Å². The van der Waals surface area contributed by atoms with Crippen molar-refractivity contribution in [2.24, 2.45) is 0 Å². The van der Waals surface area contributed by atoms with Crippen LogP contribution in [0.4, 0.5) is 0 Å². The zero-order valence-corrected chi connectivity index (χ0v) is 31.3. The Morgan fingerprint density at radius 3 is 1.29 bits per heavy atom. The van der Waals surface area contributed by atoms with Crippen LogP contribution in [0.1, 0.15) is 5.56 Å². The summed E-state index contributed by atoms with van der Waals surface area (Å²) in [5, 5.41) is 15.4. The number of fused-ring (bicyclic) bond motifs is 6. The zero-order chi connectivity index (χ0) is 38.6. The lowest BCUT2D eigenvalue weighted by Crippen LogP contribution is -2.03. The Morgan fingerprint density at radius 2 is 0.776 bits per heavy atom. The smallest absolute Gasteiger partial charge is 0.161 e. The van der Waals surface area contributed by atoms with E-state index in [1.165, 1.54) is 32.6 Å². The van der Waals surface area contributed by atoms with Crippen LogP contribution in [0.3, 0.4) is 0 Å². The fourth-order valence-corrected chi connectivity index (χ4v) is 8.60. The van der Waals surface area contributed by atoms with Crippen LogP contribution in [0, 0.1) is 11.3 Å². The molecule has 0 spiro atoms. The molecule has 0 amide bonds. The lowest BCUT2D eigenvalue weighted by molar-refractivity contribution is 1.15. The van der Waals surface area contributed by atoms with Crippen LogP contribution in [0.2, 0.25) is 0 Å². The van der Waals surface area contributed by atoms with Crippen LogP contribution >= 0.6 is 0 Å². The molecule has 0 aliphatic rings. The van der Waals surface area contributed by atoms with E-state index in [1.54, 1.807) is 0 Å². The van der Waals surface area contributed by atoms with Gasteiger partial charge in [0.25, 0.3) is 0 Å². The van der Waals surface area contributed by atoms with E-state index in [-0.39, 0.29) is 0 Å². The Hall–Kier alpha value is -8.07. The zero-order valence-electron chi connectivity index (χ0n) is 31.3. The topological polar surface area (TPSA) is 59.4 Å². The number of hydrogen-bond donors (Lipinski definition) is 0. The molecule has 0 fully saturated rings. The Kier molecular flexibility index (Phi) is 7.80. The summed E-state index contributed by atoms with van der Waals surface area (Å²) in [7, 11) is 0. The number of aromatic nitrogens is 4. The monoisotopic (exact) mass is 739 g/mol. The molecule has 5 nitrogen and oxygen atoms in total. The third-order valence-corrected chi connectivity index (χ3v) is 11.2. The average molecular weight is 740 g/mol. The second-order valence-electron chi connectivity index (χ2n) is 14.5. The first kappa shape index (κ1) is 33.3. The molecule has 0 bridgehead atoms. The summed E-state index contributed by atoms with van der Waals surface area (Å²) in [4.78, 5) is 10.4. The van der Waals surface area contributed by atoms with Crippen LogP contribution in [-0.4, -0.2) is 19.1 Å². The van der Waals surface area contributed by atoms with Gasteiger partial charge in [-0.2, -0.15) is 5.26 Å². The lowest BCUT2D eigenvalue weighted by Gasteiger charge is -2.17. The molecule has 0 atom stereocenters. The summed E-state index contributed by atoms with van der Waals surface area (Å²) in [6.45, 7) is 0. The standard InChI is InChI=1S/C53H33N5/c54-34-46-51(36-18-6-2-7-19-36)55-53(56-52(46)37-20-8-3-9-21-37)43-30-28-38(32-44(43)35-16-4-1-5-17-35)58-49-27-15-12-24-42(49)45-33-39(29-31-50(45)58)57-47-25-13-10-22-40(47)41-23-11-14-26-48(41)57/h1-33H. The second-order valence-corrected chi connectivity index (χ2v) is 14.5. The fourth-order valence-electron chi connectivity index (χ4n) is 8.60. The van der Waals surface area contributed by atoms with E-state index in [4.69, 9.17) is 9.97 Å². The van der Waals surface area contributed by atoms with Gasteiger partial charge in [0.15, 0.2) is 5.82 Å². The summed E-state index contributed by atoms with van der Waals surface area (Å²) in [5.41, 5.74) is 13.1. The number of nitriles is 1. The highest BCUT2D eigenvalue weighted by atomic mass is 15.0. The Bertz CT molecular complexity index is 3280. The van der Waals surface area contributed by atoms with Gasteiger partial charge < -0.3 is 9.13 Å². The van der Waals surface area contributed by atoms with Gasteiger partial charge in [-0.05, 0) is 65.7 Å².